The molecule has 3 aliphatic heterocycles. The van der Waals surface area contributed by atoms with E-state index in [1.54, 1.807) is 0 Å². The van der Waals surface area contributed by atoms with Crippen LogP contribution in [0, 0.1) is 11.2 Å². The van der Waals surface area contributed by atoms with Gasteiger partial charge in [-0.05, 0) is 36.9 Å². The molecule has 0 radical (unpaired) electrons. The molecule has 3 aliphatic rings. The van der Waals surface area contributed by atoms with Crippen LogP contribution < -0.4 is 4.74 Å². The van der Waals surface area contributed by atoms with Gasteiger partial charge in [0.05, 0.1) is 4.90 Å². The van der Waals surface area contributed by atoms with Crippen LogP contribution in [-0.4, -0.2) is 61.0 Å². The molecule has 1 aromatic rings. The summed E-state index contributed by atoms with van der Waals surface area (Å²) in [5.41, 5.74) is 0.293. The fourth-order valence-electron chi connectivity index (χ4n) is 3.98. The summed E-state index contributed by atoms with van der Waals surface area (Å²) in [7, 11) is 0. The predicted octanol–water partition coefficient (Wildman–Crippen LogP) is 3.53. The van der Waals surface area contributed by atoms with Gasteiger partial charge in [0, 0.05) is 56.9 Å². The molecule has 3 heterocycles. The van der Waals surface area contributed by atoms with E-state index in [4.69, 9.17) is 4.74 Å². The lowest BCUT2D eigenvalue weighted by Crippen LogP contribution is -2.72. The number of ether oxygens (including phenoxy) is 2. The molecule has 3 saturated heterocycles. The average Bonchev–Trinajstić information content (AvgIpc) is 2.49. The van der Waals surface area contributed by atoms with E-state index in [1.807, 2.05) is 0 Å². The van der Waals surface area contributed by atoms with Gasteiger partial charge in [0.25, 0.3) is 0 Å². The fraction of sp³-hybridized carbons (Fsp3) is 0.647. The molecule has 0 amide bonds. The van der Waals surface area contributed by atoms with Crippen molar-refractivity contribution in [2.24, 2.45) is 5.41 Å². The number of likely N-dealkylation sites (tertiary alicyclic amines) is 1. The van der Waals surface area contributed by atoms with Crippen molar-refractivity contribution in [1.82, 2.24) is 9.21 Å². The Balaban J connectivity index is 1.26. The number of rotatable bonds is 4. The topological polar surface area (TPSA) is 24.9 Å². The van der Waals surface area contributed by atoms with Gasteiger partial charge < -0.3 is 9.47 Å². The van der Waals surface area contributed by atoms with E-state index in [9.17, 15) is 17.6 Å². The van der Waals surface area contributed by atoms with Gasteiger partial charge in [-0.25, -0.2) is 8.70 Å². The smallest absolute Gasteiger partial charge is 0.406 e. The fourth-order valence-corrected chi connectivity index (χ4v) is 5.21. The second-order valence-electron chi connectivity index (χ2n) is 7.28. The summed E-state index contributed by atoms with van der Waals surface area (Å²) in [6, 6.07) is 3.88. The largest absolute Gasteiger partial charge is 0.573 e. The molecular formula is C17H20F4N2O2S. The molecule has 1 aromatic carbocycles. The number of halogens is 4. The Morgan fingerprint density at radius 2 is 1.81 bits per heavy atom. The van der Waals surface area contributed by atoms with E-state index in [2.05, 4.69) is 13.9 Å². The highest BCUT2D eigenvalue weighted by atomic mass is 32.2. The number of hydrogen-bond donors (Lipinski definition) is 0. The average molecular weight is 392 g/mol. The molecule has 0 bridgehead atoms. The molecule has 1 spiro atoms. The maximum atomic E-state index is 14.0. The first-order valence-electron chi connectivity index (χ1n) is 8.62. The van der Waals surface area contributed by atoms with Crippen LogP contribution >= 0.6 is 11.9 Å². The summed E-state index contributed by atoms with van der Waals surface area (Å²) in [6.45, 7) is 5.55. The van der Waals surface area contributed by atoms with E-state index in [0.29, 0.717) is 16.4 Å². The first kappa shape index (κ1) is 18.3. The minimum absolute atomic E-state index is 0.293. The lowest BCUT2D eigenvalue weighted by Gasteiger charge is -2.62. The molecule has 26 heavy (non-hydrogen) atoms. The van der Waals surface area contributed by atoms with Crippen molar-refractivity contribution in [2.45, 2.75) is 30.1 Å². The molecule has 0 aromatic heterocycles. The Bertz CT molecular complexity index is 653. The van der Waals surface area contributed by atoms with Crippen LogP contribution in [0.25, 0.3) is 0 Å². The first-order chi connectivity index (χ1) is 12.3. The van der Waals surface area contributed by atoms with E-state index in [-0.39, 0.29) is 0 Å². The van der Waals surface area contributed by atoms with Gasteiger partial charge in [-0.2, -0.15) is 0 Å². The minimum Gasteiger partial charge on any atom is -0.406 e. The third-order valence-electron chi connectivity index (χ3n) is 5.17. The van der Waals surface area contributed by atoms with Crippen molar-refractivity contribution < 1.29 is 27.0 Å². The van der Waals surface area contributed by atoms with Crippen molar-refractivity contribution in [2.75, 3.05) is 39.4 Å². The van der Waals surface area contributed by atoms with Gasteiger partial charge in [0.15, 0.2) is 0 Å². The Labute approximate surface area is 153 Å². The van der Waals surface area contributed by atoms with Crippen LogP contribution in [-0.2, 0) is 4.74 Å². The SMILES string of the molecule is Fc1cc(OC(F)(F)F)ccc1SN1CC2(C1)CN(C1CCOCC1)C2. The molecule has 4 nitrogen and oxygen atoms in total. The lowest BCUT2D eigenvalue weighted by molar-refractivity contribution is -0.274. The summed E-state index contributed by atoms with van der Waals surface area (Å²) in [4.78, 5) is 2.82. The number of benzene rings is 1. The Kier molecular flexibility index (Phi) is 4.83. The molecule has 0 N–H and O–H groups in total. The maximum absolute atomic E-state index is 14.0. The van der Waals surface area contributed by atoms with Crippen LogP contribution in [0.1, 0.15) is 12.8 Å². The molecule has 0 saturated carbocycles. The van der Waals surface area contributed by atoms with E-state index < -0.39 is 17.9 Å². The highest BCUT2D eigenvalue weighted by Crippen LogP contribution is 2.46. The van der Waals surface area contributed by atoms with E-state index in [1.165, 1.54) is 18.0 Å². The standard InChI is InChI=1S/C17H20F4N2O2S/c18-14-7-13(25-17(19,20)21)1-2-15(14)26-23-10-16(11-23)8-22(9-16)12-3-5-24-6-4-12/h1-2,7,12H,3-6,8-11H2. The van der Waals surface area contributed by atoms with Crippen LogP contribution in [0.2, 0.25) is 0 Å². The van der Waals surface area contributed by atoms with Crippen molar-refractivity contribution in [3.8, 4) is 5.75 Å². The monoisotopic (exact) mass is 392 g/mol. The predicted molar refractivity (Wildman–Crippen MR) is 88.4 cm³/mol. The van der Waals surface area contributed by atoms with Crippen LogP contribution in [0.4, 0.5) is 17.6 Å². The molecule has 144 valence electrons. The van der Waals surface area contributed by atoms with E-state index >= 15 is 0 Å². The third-order valence-corrected chi connectivity index (χ3v) is 6.22. The van der Waals surface area contributed by atoms with Crippen molar-refractivity contribution in [3.63, 3.8) is 0 Å². The minimum atomic E-state index is -4.81. The van der Waals surface area contributed by atoms with Gasteiger partial charge in [-0.15, -0.1) is 13.2 Å². The van der Waals surface area contributed by atoms with Gasteiger partial charge in [-0.1, -0.05) is 0 Å². The van der Waals surface area contributed by atoms with Crippen molar-refractivity contribution in [3.05, 3.63) is 24.0 Å². The lowest BCUT2D eigenvalue weighted by atomic mass is 9.73. The second-order valence-corrected chi connectivity index (χ2v) is 8.42. The Morgan fingerprint density at radius 3 is 2.42 bits per heavy atom. The van der Waals surface area contributed by atoms with Crippen LogP contribution in [0.5, 0.6) is 5.75 Å². The molecular weight excluding hydrogens is 372 g/mol. The number of hydrogen-bond acceptors (Lipinski definition) is 5. The van der Waals surface area contributed by atoms with Gasteiger partial charge in [0.1, 0.15) is 11.6 Å². The molecule has 3 fully saturated rings. The van der Waals surface area contributed by atoms with Crippen LogP contribution in [0.15, 0.2) is 23.1 Å². The molecule has 0 unspecified atom stereocenters. The van der Waals surface area contributed by atoms with Gasteiger partial charge >= 0.3 is 6.36 Å². The summed E-state index contributed by atoms with van der Waals surface area (Å²) >= 11 is 1.26. The molecule has 9 heteroatoms. The summed E-state index contributed by atoms with van der Waals surface area (Å²) < 4.78 is 61.7. The van der Waals surface area contributed by atoms with E-state index in [0.717, 1.165) is 64.4 Å². The van der Waals surface area contributed by atoms with Crippen molar-refractivity contribution >= 4 is 11.9 Å². The zero-order valence-electron chi connectivity index (χ0n) is 14.1. The molecule has 0 aliphatic carbocycles. The quantitative estimate of drug-likeness (QED) is 0.577. The number of nitrogens with zero attached hydrogens (tertiary/aromatic N) is 2. The highest BCUT2D eigenvalue weighted by molar-refractivity contribution is 7.97. The van der Waals surface area contributed by atoms with Crippen molar-refractivity contribution in [1.29, 1.82) is 0 Å². The van der Waals surface area contributed by atoms with Gasteiger partial charge in [0.2, 0.25) is 0 Å². The van der Waals surface area contributed by atoms with Gasteiger partial charge in [-0.3, -0.25) is 4.90 Å². The summed E-state index contributed by atoms with van der Waals surface area (Å²) in [6.07, 6.45) is -2.64. The Hall–Kier alpha value is -1.03. The van der Waals surface area contributed by atoms with Crippen LogP contribution in [0.3, 0.4) is 0 Å². The second kappa shape index (κ2) is 6.85. The molecule has 0 atom stereocenters. The first-order valence-corrected chi connectivity index (χ1v) is 9.39. The molecule has 4 rings (SSSR count). The number of alkyl halides is 3. The third kappa shape index (κ3) is 3.95. The zero-order valence-corrected chi connectivity index (χ0v) is 14.9. The summed E-state index contributed by atoms with van der Waals surface area (Å²) in [5, 5.41) is 0. The summed E-state index contributed by atoms with van der Waals surface area (Å²) in [5.74, 6) is -1.24. The maximum Gasteiger partial charge on any atom is 0.573 e. The Morgan fingerprint density at radius 1 is 1.12 bits per heavy atom. The zero-order chi connectivity index (χ0) is 18.4. The highest BCUT2D eigenvalue weighted by Gasteiger charge is 2.53. The normalized spacial score (nSPS) is 24.3.